The molecular weight excluding hydrogens is 414 g/mol. The highest BCUT2D eigenvalue weighted by Crippen LogP contribution is 2.39. The largest absolute Gasteiger partial charge is 0.361 e. The second kappa shape index (κ2) is 8.74. The molecule has 2 fully saturated rings. The van der Waals surface area contributed by atoms with Gasteiger partial charge in [0.1, 0.15) is 5.76 Å². The lowest BCUT2D eigenvalue weighted by atomic mass is 9.81. The predicted octanol–water partition coefficient (Wildman–Crippen LogP) is 3.40. The van der Waals surface area contributed by atoms with Gasteiger partial charge in [-0.05, 0) is 38.3 Å². The topological polar surface area (TPSA) is 92.5 Å². The van der Waals surface area contributed by atoms with Gasteiger partial charge < -0.3 is 9.84 Å². The molecule has 2 aromatic rings. The molecule has 1 amide bonds. The number of benzene rings is 1. The highest BCUT2D eigenvalue weighted by molar-refractivity contribution is 7.89. The predicted molar refractivity (Wildman–Crippen MR) is 117 cm³/mol. The van der Waals surface area contributed by atoms with Crippen molar-refractivity contribution in [1.82, 2.24) is 14.8 Å². The molecule has 4 rings (SSSR count). The van der Waals surface area contributed by atoms with E-state index in [0.29, 0.717) is 31.1 Å². The fourth-order valence-corrected chi connectivity index (χ4v) is 6.44. The molecule has 0 spiro atoms. The summed E-state index contributed by atoms with van der Waals surface area (Å²) in [5.41, 5.74) is 1.10. The van der Waals surface area contributed by atoms with Gasteiger partial charge in [-0.3, -0.25) is 4.79 Å². The standard InChI is InChI=1S/C23H31N3O4S/c1-17-8-10-20(11-9-17)31(28,29)26-13-12-23(16-26,22(27)24-2)15-19-14-21(25-30-19)18-6-4-3-5-7-18/h8-11,14,18H,3-7,12-13,15-16H2,1-2H3,(H,24,27). The van der Waals surface area contributed by atoms with Crippen LogP contribution in [0.5, 0.6) is 0 Å². The number of hydrogen-bond donors (Lipinski definition) is 1. The Balaban J connectivity index is 1.55. The first-order valence-corrected chi connectivity index (χ1v) is 12.5. The number of sulfonamides is 1. The minimum Gasteiger partial charge on any atom is -0.361 e. The summed E-state index contributed by atoms with van der Waals surface area (Å²) in [6.45, 7) is 2.34. The molecule has 1 unspecified atom stereocenters. The molecule has 31 heavy (non-hydrogen) atoms. The van der Waals surface area contributed by atoms with Crippen LogP contribution in [-0.4, -0.2) is 43.9 Å². The average molecular weight is 446 g/mol. The van der Waals surface area contributed by atoms with Gasteiger partial charge in [0.05, 0.1) is 16.0 Å². The maximum atomic E-state index is 13.2. The molecule has 168 valence electrons. The van der Waals surface area contributed by atoms with Crippen LogP contribution in [0.1, 0.15) is 61.5 Å². The maximum Gasteiger partial charge on any atom is 0.243 e. The Hall–Kier alpha value is -2.19. The van der Waals surface area contributed by atoms with Crippen molar-refractivity contribution in [3.05, 3.63) is 47.3 Å². The zero-order valence-corrected chi connectivity index (χ0v) is 19.1. The number of carbonyl (C=O) groups is 1. The van der Waals surface area contributed by atoms with Crippen molar-refractivity contribution in [3.8, 4) is 0 Å². The Morgan fingerprint density at radius 1 is 1.23 bits per heavy atom. The molecule has 2 aliphatic rings. The van der Waals surface area contributed by atoms with Crippen LogP contribution in [0.3, 0.4) is 0 Å². The van der Waals surface area contributed by atoms with Gasteiger partial charge in [-0.25, -0.2) is 8.42 Å². The van der Waals surface area contributed by atoms with Gasteiger partial charge in [0, 0.05) is 38.5 Å². The van der Waals surface area contributed by atoms with E-state index in [1.807, 2.05) is 13.0 Å². The van der Waals surface area contributed by atoms with Crippen LogP contribution in [0.15, 0.2) is 39.8 Å². The number of amides is 1. The summed E-state index contributed by atoms with van der Waals surface area (Å²) in [5.74, 6) is 0.910. The Morgan fingerprint density at radius 2 is 1.94 bits per heavy atom. The molecule has 1 aliphatic carbocycles. The third-order valence-corrected chi connectivity index (χ3v) is 8.66. The van der Waals surface area contributed by atoms with E-state index in [1.165, 1.54) is 23.6 Å². The van der Waals surface area contributed by atoms with E-state index in [4.69, 9.17) is 4.52 Å². The number of nitrogens with one attached hydrogen (secondary N) is 1. The molecule has 1 saturated heterocycles. The summed E-state index contributed by atoms with van der Waals surface area (Å²) < 4.78 is 33.4. The van der Waals surface area contributed by atoms with Crippen LogP contribution < -0.4 is 5.32 Å². The third kappa shape index (κ3) is 4.41. The second-order valence-electron chi connectivity index (χ2n) is 8.99. The van der Waals surface area contributed by atoms with Crippen molar-refractivity contribution in [3.63, 3.8) is 0 Å². The summed E-state index contributed by atoms with van der Waals surface area (Å²) in [5, 5.41) is 7.02. The molecule has 0 bridgehead atoms. The zero-order chi connectivity index (χ0) is 22.1. The Bertz CT molecular complexity index is 1030. The average Bonchev–Trinajstić information content (AvgIpc) is 3.43. The van der Waals surface area contributed by atoms with Crippen LogP contribution >= 0.6 is 0 Å². The normalized spacial score (nSPS) is 23.2. The van der Waals surface area contributed by atoms with Gasteiger partial charge in [0.25, 0.3) is 0 Å². The van der Waals surface area contributed by atoms with Gasteiger partial charge >= 0.3 is 0 Å². The third-order valence-electron chi connectivity index (χ3n) is 6.80. The number of hydrogen-bond acceptors (Lipinski definition) is 5. The van der Waals surface area contributed by atoms with Crippen molar-refractivity contribution >= 4 is 15.9 Å². The number of nitrogens with zero attached hydrogens (tertiary/aromatic N) is 2. The number of rotatable bonds is 6. The molecule has 1 aromatic heterocycles. The summed E-state index contributed by atoms with van der Waals surface area (Å²) in [7, 11) is -2.07. The first-order valence-electron chi connectivity index (χ1n) is 11.1. The first-order chi connectivity index (χ1) is 14.8. The van der Waals surface area contributed by atoms with E-state index in [1.54, 1.807) is 31.3 Å². The van der Waals surface area contributed by atoms with Gasteiger partial charge in [0.15, 0.2) is 0 Å². The lowest BCUT2D eigenvalue weighted by molar-refractivity contribution is -0.130. The Labute approximate surface area is 184 Å². The summed E-state index contributed by atoms with van der Waals surface area (Å²) in [4.78, 5) is 13.2. The first kappa shape index (κ1) is 22.0. The monoisotopic (exact) mass is 445 g/mol. The molecule has 0 radical (unpaired) electrons. The van der Waals surface area contributed by atoms with E-state index >= 15 is 0 Å². The second-order valence-corrected chi connectivity index (χ2v) is 10.9. The van der Waals surface area contributed by atoms with Crippen molar-refractivity contribution in [2.24, 2.45) is 5.41 Å². The summed E-state index contributed by atoms with van der Waals surface area (Å²) in [6, 6.07) is 8.79. The molecule has 1 saturated carbocycles. The highest BCUT2D eigenvalue weighted by Gasteiger charge is 2.48. The van der Waals surface area contributed by atoms with E-state index < -0.39 is 15.4 Å². The van der Waals surface area contributed by atoms with Crippen LogP contribution in [0, 0.1) is 12.3 Å². The number of aromatic nitrogens is 1. The fraction of sp³-hybridized carbons (Fsp3) is 0.565. The number of aryl methyl sites for hydroxylation is 1. The molecular formula is C23H31N3O4S. The Kier molecular flexibility index (Phi) is 6.21. The van der Waals surface area contributed by atoms with Crippen molar-refractivity contribution in [1.29, 1.82) is 0 Å². The van der Waals surface area contributed by atoms with Gasteiger partial charge in [-0.15, -0.1) is 0 Å². The van der Waals surface area contributed by atoms with E-state index in [-0.39, 0.29) is 17.3 Å². The summed E-state index contributed by atoms with van der Waals surface area (Å²) >= 11 is 0. The summed E-state index contributed by atoms with van der Waals surface area (Å²) in [6.07, 6.45) is 6.71. The lowest BCUT2D eigenvalue weighted by Crippen LogP contribution is -2.44. The van der Waals surface area contributed by atoms with Gasteiger partial charge in [0.2, 0.25) is 15.9 Å². The highest BCUT2D eigenvalue weighted by atomic mass is 32.2. The molecule has 7 nitrogen and oxygen atoms in total. The van der Waals surface area contributed by atoms with E-state index in [0.717, 1.165) is 24.1 Å². The molecule has 1 atom stereocenters. The number of carbonyl (C=O) groups excluding carboxylic acids is 1. The fourth-order valence-electron chi connectivity index (χ4n) is 4.91. The van der Waals surface area contributed by atoms with E-state index in [9.17, 15) is 13.2 Å². The SMILES string of the molecule is CNC(=O)C1(Cc2cc(C3CCCCC3)no2)CCN(S(=O)(=O)c2ccc(C)cc2)C1. The lowest BCUT2D eigenvalue weighted by Gasteiger charge is -2.26. The van der Waals surface area contributed by atoms with Crippen LogP contribution in [-0.2, 0) is 21.2 Å². The van der Waals surface area contributed by atoms with Crippen LogP contribution in [0.4, 0.5) is 0 Å². The minimum atomic E-state index is -3.67. The van der Waals surface area contributed by atoms with Gasteiger partial charge in [-0.2, -0.15) is 4.31 Å². The zero-order valence-electron chi connectivity index (χ0n) is 18.3. The van der Waals surface area contributed by atoms with Crippen LogP contribution in [0.2, 0.25) is 0 Å². The smallest absolute Gasteiger partial charge is 0.243 e. The molecule has 1 aliphatic heterocycles. The Morgan fingerprint density at radius 3 is 2.61 bits per heavy atom. The quantitative estimate of drug-likeness (QED) is 0.736. The molecule has 1 aromatic carbocycles. The van der Waals surface area contributed by atoms with E-state index in [2.05, 4.69) is 10.5 Å². The minimum absolute atomic E-state index is 0.127. The van der Waals surface area contributed by atoms with Crippen molar-refractivity contribution in [2.75, 3.05) is 20.1 Å². The molecule has 2 heterocycles. The van der Waals surface area contributed by atoms with Crippen LogP contribution in [0.25, 0.3) is 0 Å². The van der Waals surface area contributed by atoms with Crippen molar-refractivity contribution < 1.29 is 17.7 Å². The maximum absolute atomic E-state index is 13.2. The van der Waals surface area contributed by atoms with Crippen molar-refractivity contribution in [2.45, 2.75) is 62.7 Å². The van der Waals surface area contributed by atoms with Gasteiger partial charge in [-0.1, -0.05) is 42.1 Å². The molecule has 1 N–H and O–H groups in total. The molecule has 8 heteroatoms.